The van der Waals surface area contributed by atoms with Crippen LogP contribution in [-0.2, 0) is 4.79 Å². The minimum absolute atomic E-state index is 0.310. The second-order valence-corrected chi connectivity index (χ2v) is 3.24. The van der Waals surface area contributed by atoms with Crippen LogP contribution in [0.15, 0.2) is 11.6 Å². The minimum Gasteiger partial charge on any atom is -0.478 e. The molecule has 66 valence electrons. The first-order valence-corrected chi connectivity index (χ1v) is 4.16. The van der Waals surface area contributed by atoms with Gasteiger partial charge in [0.2, 0.25) is 0 Å². The molecule has 0 bridgehead atoms. The molecule has 0 aromatic heterocycles. The van der Waals surface area contributed by atoms with Gasteiger partial charge in [-0.05, 0) is 0 Å². The number of hydrogen-bond donors (Lipinski definition) is 2. The van der Waals surface area contributed by atoms with Crippen LogP contribution in [0.5, 0.6) is 0 Å². The van der Waals surface area contributed by atoms with Crippen LogP contribution >= 0.6 is 0 Å². The summed E-state index contributed by atoms with van der Waals surface area (Å²) >= 11 is 0. The third-order valence-electron chi connectivity index (χ3n) is 2.44. The Morgan fingerprint density at radius 1 is 1.75 bits per heavy atom. The summed E-state index contributed by atoms with van der Waals surface area (Å²) in [5.41, 5.74) is 0.545. The van der Waals surface area contributed by atoms with Crippen molar-refractivity contribution >= 4 is 5.97 Å². The van der Waals surface area contributed by atoms with E-state index in [9.17, 15) is 4.79 Å². The summed E-state index contributed by atoms with van der Waals surface area (Å²) in [6.07, 6.45) is 1.86. The Morgan fingerprint density at radius 3 is 3.25 bits per heavy atom. The first-order valence-electron chi connectivity index (χ1n) is 4.16. The topological polar surface area (TPSA) is 52.6 Å². The normalized spacial score (nSPS) is 29.7. The van der Waals surface area contributed by atoms with Gasteiger partial charge in [-0.15, -0.1) is 0 Å². The minimum atomic E-state index is -0.774. The highest BCUT2D eigenvalue weighted by Gasteiger charge is 2.29. The van der Waals surface area contributed by atoms with Crippen LogP contribution in [0.3, 0.4) is 0 Å². The molecule has 0 spiro atoms. The Kier molecular flexibility index (Phi) is 1.86. The van der Waals surface area contributed by atoms with Crippen molar-refractivity contribution in [3.63, 3.8) is 0 Å². The monoisotopic (exact) mass is 168 g/mol. The average Bonchev–Trinajstić information content (AvgIpc) is 2.46. The molecule has 4 nitrogen and oxygen atoms in total. The molecule has 0 radical (unpaired) electrons. The van der Waals surface area contributed by atoms with Gasteiger partial charge < -0.3 is 10.4 Å². The molecule has 1 saturated heterocycles. The van der Waals surface area contributed by atoms with Crippen molar-refractivity contribution in [3.8, 4) is 0 Å². The molecule has 0 amide bonds. The van der Waals surface area contributed by atoms with Crippen molar-refractivity contribution in [2.75, 3.05) is 26.2 Å². The fraction of sp³-hybridized carbons (Fsp3) is 0.625. The van der Waals surface area contributed by atoms with Crippen molar-refractivity contribution in [2.45, 2.75) is 6.04 Å². The van der Waals surface area contributed by atoms with Crippen LogP contribution in [0.2, 0.25) is 0 Å². The average molecular weight is 168 g/mol. The van der Waals surface area contributed by atoms with E-state index in [0.29, 0.717) is 18.2 Å². The summed E-state index contributed by atoms with van der Waals surface area (Å²) in [7, 11) is 0. The molecule has 0 saturated carbocycles. The summed E-state index contributed by atoms with van der Waals surface area (Å²) < 4.78 is 0. The van der Waals surface area contributed by atoms with Crippen molar-refractivity contribution < 1.29 is 9.90 Å². The second-order valence-electron chi connectivity index (χ2n) is 3.24. The van der Waals surface area contributed by atoms with Gasteiger partial charge in [0.05, 0.1) is 0 Å². The summed E-state index contributed by atoms with van der Waals surface area (Å²) in [5.74, 6) is -0.774. The van der Waals surface area contributed by atoms with Gasteiger partial charge in [0.1, 0.15) is 0 Å². The molecule has 1 fully saturated rings. The lowest BCUT2D eigenvalue weighted by Crippen LogP contribution is -2.48. The van der Waals surface area contributed by atoms with E-state index < -0.39 is 5.97 Å². The zero-order valence-corrected chi connectivity index (χ0v) is 6.79. The van der Waals surface area contributed by atoms with Crippen LogP contribution in [0, 0.1) is 0 Å². The Morgan fingerprint density at radius 2 is 2.58 bits per heavy atom. The lowest BCUT2D eigenvalue weighted by molar-refractivity contribution is -0.132. The number of carboxylic acid groups (broad SMARTS) is 1. The lowest BCUT2D eigenvalue weighted by atomic mass is 10.2. The molecule has 2 N–H and O–H groups in total. The summed E-state index contributed by atoms with van der Waals surface area (Å²) in [6, 6.07) is 0.310. The largest absolute Gasteiger partial charge is 0.478 e. The molecule has 0 aromatic carbocycles. The zero-order chi connectivity index (χ0) is 8.55. The Balaban J connectivity index is 2.09. The SMILES string of the molecule is O=C(O)C1=CC2CNCCN2C1. The Bertz CT molecular complexity index is 237. The maximum atomic E-state index is 10.6. The maximum Gasteiger partial charge on any atom is 0.332 e. The third-order valence-corrected chi connectivity index (χ3v) is 2.44. The molecule has 2 aliphatic rings. The number of rotatable bonds is 1. The van der Waals surface area contributed by atoms with Gasteiger partial charge in [0.25, 0.3) is 0 Å². The standard InChI is InChI=1S/C8H12N2O2/c11-8(12)6-3-7-4-9-1-2-10(7)5-6/h3,7,9H,1-2,4-5H2,(H,11,12). The highest BCUT2D eigenvalue weighted by atomic mass is 16.4. The maximum absolute atomic E-state index is 10.6. The second kappa shape index (κ2) is 2.88. The molecular weight excluding hydrogens is 156 g/mol. The van der Waals surface area contributed by atoms with Gasteiger partial charge in [-0.1, -0.05) is 6.08 Å². The van der Waals surface area contributed by atoms with E-state index in [1.165, 1.54) is 0 Å². The fourth-order valence-corrected chi connectivity index (χ4v) is 1.77. The van der Waals surface area contributed by atoms with Crippen LogP contribution in [0.25, 0.3) is 0 Å². The van der Waals surface area contributed by atoms with Crippen LogP contribution in [-0.4, -0.2) is 48.2 Å². The quantitative estimate of drug-likeness (QED) is 0.543. The smallest absolute Gasteiger partial charge is 0.332 e. The van der Waals surface area contributed by atoms with Crippen LogP contribution in [0.4, 0.5) is 0 Å². The van der Waals surface area contributed by atoms with Crippen molar-refractivity contribution in [3.05, 3.63) is 11.6 Å². The molecule has 2 rings (SSSR count). The van der Waals surface area contributed by atoms with Crippen molar-refractivity contribution in [2.24, 2.45) is 0 Å². The van der Waals surface area contributed by atoms with Gasteiger partial charge in [-0.25, -0.2) is 4.79 Å². The fourth-order valence-electron chi connectivity index (χ4n) is 1.77. The molecule has 12 heavy (non-hydrogen) atoms. The van der Waals surface area contributed by atoms with Crippen molar-refractivity contribution in [1.82, 2.24) is 10.2 Å². The number of hydrogen-bond acceptors (Lipinski definition) is 3. The van der Waals surface area contributed by atoms with Gasteiger partial charge in [0.15, 0.2) is 0 Å². The molecule has 2 heterocycles. The number of aliphatic carboxylic acids is 1. The lowest BCUT2D eigenvalue weighted by Gasteiger charge is -2.29. The van der Waals surface area contributed by atoms with Gasteiger partial charge in [-0.3, -0.25) is 4.90 Å². The van der Waals surface area contributed by atoms with Crippen LogP contribution in [0.1, 0.15) is 0 Å². The third kappa shape index (κ3) is 1.23. The number of piperazine rings is 1. The number of nitrogens with one attached hydrogen (secondary N) is 1. The van der Waals surface area contributed by atoms with Gasteiger partial charge in [0, 0.05) is 37.8 Å². The van der Waals surface area contributed by atoms with Gasteiger partial charge >= 0.3 is 5.97 Å². The van der Waals surface area contributed by atoms with Gasteiger partial charge in [-0.2, -0.15) is 0 Å². The van der Waals surface area contributed by atoms with E-state index in [1.54, 1.807) is 0 Å². The number of carbonyl (C=O) groups is 1. The van der Waals surface area contributed by atoms with E-state index in [0.717, 1.165) is 19.6 Å². The molecule has 1 atom stereocenters. The van der Waals surface area contributed by atoms with Crippen LogP contribution < -0.4 is 5.32 Å². The molecule has 1 unspecified atom stereocenters. The van der Waals surface area contributed by atoms with E-state index in [2.05, 4.69) is 10.2 Å². The van der Waals surface area contributed by atoms with Crippen molar-refractivity contribution in [1.29, 1.82) is 0 Å². The molecule has 2 aliphatic heterocycles. The first-order chi connectivity index (χ1) is 5.77. The molecular formula is C8H12N2O2. The first kappa shape index (κ1) is 7.76. The summed E-state index contributed by atoms with van der Waals surface area (Å²) in [5, 5.41) is 12.0. The highest BCUT2D eigenvalue weighted by Crippen LogP contribution is 2.17. The predicted octanol–water partition coefficient (Wildman–Crippen LogP) is -0.715. The molecule has 0 aliphatic carbocycles. The summed E-state index contributed by atoms with van der Waals surface area (Å²) in [4.78, 5) is 12.8. The Labute approximate surface area is 70.9 Å². The highest BCUT2D eigenvalue weighted by molar-refractivity contribution is 5.87. The predicted molar refractivity (Wildman–Crippen MR) is 43.9 cm³/mol. The molecule has 4 heteroatoms. The van der Waals surface area contributed by atoms with E-state index in [-0.39, 0.29) is 0 Å². The number of fused-ring (bicyclic) bond motifs is 1. The summed E-state index contributed by atoms with van der Waals surface area (Å²) in [6.45, 7) is 3.42. The molecule has 0 aromatic rings. The number of nitrogens with zero attached hydrogens (tertiary/aromatic N) is 1. The van der Waals surface area contributed by atoms with E-state index in [1.807, 2.05) is 6.08 Å². The van der Waals surface area contributed by atoms with E-state index >= 15 is 0 Å². The van der Waals surface area contributed by atoms with E-state index in [4.69, 9.17) is 5.11 Å². The Hall–Kier alpha value is -0.870. The number of carboxylic acids is 1. The zero-order valence-electron chi connectivity index (χ0n) is 6.79.